The van der Waals surface area contributed by atoms with Gasteiger partial charge in [-0.05, 0) is 45.4 Å². The topological polar surface area (TPSA) is 60.4 Å². The number of amides is 1. The number of nitrogens with zero attached hydrogens (tertiary/aromatic N) is 4. The quantitative estimate of drug-likeness (QED) is 0.555. The standard InChI is InChI=1S/C23H39N5O2/c1-2-24-22(25-20-18-7-16-30-21(18)23(20)8-6-9-23)28-14-12-26(13-15-28)17-19(29)27-10-4-3-5-11-27/h18,20-21H,2-17H2,1H3,(H,24,25). The molecule has 1 N–H and O–H groups in total. The third-order valence-electron chi connectivity index (χ3n) is 8.37. The Balaban J connectivity index is 1.15. The van der Waals surface area contributed by atoms with Crippen LogP contribution in [0.5, 0.6) is 0 Å². The first-order chi connectivity index (χ1) is 14.7. The molecule has 1 amide bonds. The van der Waals surface area contributed by atoms with Gasteiger partial charge in [-0.15, -0.1) is 0 Å². The summed E-state index contributed by atoms with van der Waals surface area (Å²) in [5.74, 6) is 2.06. The van der Waals surface area contributed by atoms with Crippen molar-refractivity contribution < 1.29 is 9.53 Å². The monoisotopic (exact) mass is 417 g/mol. The molecule has 3 saturated heterocycles. The minimum absolute atomic E-state index is 0.317. The van der Waals surface area contributed by atoms with E-state index >= 15 is 0 Å². The molecule has 5 fully saturated rings. The number of fused-ring (bicyclic) bond motifs is 2. The molecule has 3 unspecified atom stereocenters. The van der Waals surface area contributed by atoms with Crippen LogP contribution < -0.4 is 5.32 Å². The van der Waals surface area contributed by atoms with Gasteiger partial charge in [-0.25, -0.2) is 0 Å². The van der Waals surface area contributed by atoms with Crippen LogP contribution in [-0.2, 0) is 9.53 Å². The molecule has 0 aromatic heterocycles. The molecule has 168 valence electrons. The van der Waals surface area contributed by atoms with Crippen LogP contribution in [0.1, 0.15) is 51.9 Å². The van der Waals surface area contributed by atoms with Crippen LogP contribution in [0.2, 0.25) is 0 Å². The number of guanidine groups is 1. The molecule has 2 aliphatic carbocycles. The number of rotatable bonds is 4. The Kier molecular flexibility index (Phi) is 5.93. The van der Waals surface area contributed by atoms with Gasteiger partial charge < -0.3 is 19.9 Å². The molecule has 7 nitrogen and oxygen atoms in total. The molecule has 0 aromatic carbocycles. The van der Waals surface area contributed by atoms with Crippen molar-refractivity contribution in [2.45, 2.75) is 64.0 Å². The summed E-state index contributed by atoms with van der Waals surface area (Å²) in [5.41, 5.74) is 0.373. The lowest BCUT2D eigenvalue weighted by atomic mass is 9.46. The summed E-state index contributed by atoms with van der Waals surface area (Å²) < 4.78 is 6.09. The summed E-state index contributed by atoms with van der Waals surface area (Å²) in [5, 5.41) is 3.90. The Morgan fingerprint density at radius 3 is 2.47 bits per heavy atom. The van der Waals surface area contributed by atoms with Crippen LogP contribution >= 0.6 is 0 Å². The van der Waals surface area contributed by atoms with Gasteiger partial charge in [0.2, 0.25) is 5.91 Å². The first-order valence-corrected chi connectivity index (χ1v) is 12.4. The number of piperazine rings is 1. The van der Waals surface area contributed by atoms with Gasteiger partial charge in [0.15, 0.2) is 5.96 Å². The number of hydrogen-bond acceptors (Lipinski definition) is 4. The second kappa shape index (κ2) is 8.65. The summed E-state index contributed by atoms with van der Waals surface area (Å²) in [7, 11) is 0. The number of piperidine rings is 1. The van der Waals surface area contributed by atoms with Crippen molar-refractivity contribution in [1.82, 2.24) is 20.0 Å². The van der Waals surface area contributed by atoms with E-state index in [2.05, 4.69) is 26.9 Å². The van der Waals surface area contributed by atoms with Crippen molar-refractivity contribution >= 4 is 11.9 Å². The van der Waals surface area contributed by atoms with E-state index in [4.69, 9.17) is 9.73 Å². The fraction of sp³-hybridized carbons (Fsp3) is 0.913. The molecule has 0 aromatic rings. The number of nitrogens with one attached hydrogen (secondary N) is 1. The fourth-order valence-electron chi connectivity index (χ4n) is 6.53. The van der Waals surface area contributed by atoms with Gasteiger partial charge in [-0.1, -0.05) is 6.42 Å². The zero-order chi connectivity index (χ0) is 20.6. The predicted octanol–water partition coefficient (Wildman–Crippen LogP) is 1.54. The van der Waals surface area contributed by atoms with Gasteiger partial charge in [0.25, 0.3) is 0 Å². The van der Waals surface area contributed by atoms with Crippen LogP contribution in [0.4, 0.5) is 0 Å². The summed E-state index contributed by atoms with van der Waals surface area (Å²) in [6.45, 7) is 10.1. The SMILES string of the molecule is CCN=C(NC1C2CCOC2C12CCC2)N1CCN(CC(=O)N2CCCCC2)CC1. The average Bonchev–Trinajstić information content (AvgIpc) is 3.16. The highest BCUT2D eigenvalue weighted by atomic mass is 16.5. The Hall–Kier alpha value is -1.34. The van der Waals surface area contributed by atoms with Crippen LogP contribution in [0.15, 0.2) is 4.99 Å². The summed E-state index contributed by atoms with van der Waals surface area (Å²) in [4.78, 5) is 24.3. The van der Waals surface area contributed by atoms with Gasteiger partial charge in [0, 0.05) is 69.8 Å². The molecule has 0 bridgehead atoms. The first-order valence-electron chi connectivity index (χ1n) is 12.4. The van der Waals surface area contributed by atoms with Crippen molar-refractivity contribution in [2.24, 2.45) is 16.3 Å². The average molecular weight is 418 g/mol. The number of aliphatic imine (C=N–C) groups is 1. The molecule has 7 heteroatoms. The summed E-state index contributed by atoms with van der Waals surface area (Å²) >= 11 is 0. The molecule has 2 saturated carbocycles. The minimum Gasteiger partial charge on any atom is -0.377 e. The third-order valence-corrected chi connectivity index (χ3v) is 8.37. The van der Waals surface area contributed by atoms with E-state index < -0.39 is 0 Å². The van der Waals surface area contributed by atoms with E-state index in [1.165, 1.54) is 32.1 Å². The van der Waals surface area contributed by atoms with E-state index in [9.17, 15) is 4.79 Å². The van der Waals surface area contributed by atoms with E-state index in [-0.39, 0.29) is 0 Å². The molecule has 5 aliphatic rings. The maximum absolute atomic E-state index is 12.6. The molecular formula is C23H39N5O2. The molecule has 30 heavy (non-hydrogen) atoms. The zero-order valence-corrected chi connectivity index (χ0v) is 18.7. The summed E-state index contributed by atoms with van der Waals surface area (Å²) in [6, 6.07) is 0.530. The zero-order valence-electron chi connectivity index (χ0n) is 18.7. The lowest BCUT2D eigenvalue weighted by molar-refractivity contribution is -0.171. The number of likely N-dealkylation sites (tertiary alicyclic amines) is 1. The van der Waals surface area contributed by atoms with E-state index in [0.29, 0.717) is 35.9 Å². The van der Waals surface area contributed by atoms with Crippen LogP contribution in [-0.4, -0.2) is 97.7 Å². The third kappa shape index (κ3) is 3.62. The number of carbonyl (C=O) groups is 1. The van der Waals surface area contributed by atoms with Gasteiger partial charge in [-0.2, -0.15) is 0 Å². The maximum atomic E-state index is 12.6. The largest absolute Gasteiger partial charge is 0.377 e. The second-order valence-corrected chi connectivity index (χ2v) is 9.96. The second-order valence-electron chi connectivity index (χ2n) is 9.96. The Bertz CT molecular complexity index is 650. The number of hydrogen-bond donors (Lipinski definition) is 1. The molecule has 1 spiro atoms. The van der Waals surface area contributed by atoms with Gasteiger partial charge >= 0.3 is 0 Å². The maximum Gasteiger partial charge on any atom is 0.236 e. The highest BCUT2D eigenvalue weighted by molar-refractivity contribution is 5.81. The molecular weight excluding hydrogens is 378 g/mol. The molecule has 3 aliphatic heterocycles. The molecule has 5 rings (SSSR count). The van der Waals surface area contributed by atoms with E-state index in [0.717, 1.165) is 71.2 Å². The van der Waals surface area contributed by atoms with Gasteiger partial charge in [0.1, 0.15) is 0 Å². The van der Waals surface area contributed by atoms with Crippen molar-refractivity contribution in [3.05, 3.63) is 0 Å². The summed E-state index contributed by atoms with van der Waals surface area (Å²) in [6.07, 6.45) is 9.23. The fourth-order valence-corrected chi connectivity index (χ4v) is 6.53. The van der Waals surface area contributed by atoms with Crippen molar-refractivity contribution in [3.63, 3.8) is 0 Å². The van der Waals surface area contributed by atoms with Crippen LogP contribution in [0.3, 0.4) is 0 Å². The normalized spacial score (nSPS) is 33.8. The van der Waals surface area contributed by atoms with Crippen molar-refractivity contribution in [2.75, 3.05) is 59.0 Å². The molecule has 3 atom stereocenters. The lowest BCUT2D eigenvalue weighted by Crippen LogP contribution is -2.73. The van der Waals surface area contributed by atoms with Crippen LogP contribution in [0.25, 0.3) is 0 Å². The number of carbonyl (C=O) groups excluding carboxylic acids is 1. The van der Waals surface area contributed by atoms with Gasteiger partial charge in [-0.3, -0.25) is 14.7 Å². The smallest absolute Gasteiger partial charge is 0.236 e. The van der Waals surface area contributed by atoms with Crippen molar-refractivity contribution in [1.29, 1.82) is 0 Å². The highest BCUT2D eigenvalue weighted by Crippen LogP contribution is 2.62. The van der Waals surface area contributed by atoms with Crippen LogP contribution in [0, 0.1) is 11.3 Å². The Morgan fingerprint density at radius 2 is 1.80 bits per heavy atom. The highest BCUT2D eigenvalue weighted by Gasteiger charge is 2.66. The molecule has 3 heterocycles. The van der Waals surface area contributed by atoms with E-state index in [1.54, 1.807) is 0 Å². The predicted molar refractivity (Wildman–Crippen MR) is 117 cm³/mol. The molecule has 0 radical (unpaired) electrons. The minimum atomic E-state index is 0.317. The lowest BCUT2D eigenvalue weighted by Gasteiger charge is -2.63. The first kappa shape index (κ1) is 20.6. The Morgan fingerprint density at radius 1 is 1.03 bits per heavy atom. The van der Waals surface area contributed by atoms with Gasteiger partial charge in [0.05, 0.1) is 12.6 Å². The van der Waals surface area contributed by atoms with E-state index in [1.807, 2.05) is 0 Å². The number of ether oxygens (including phenoxy) is 1. The van der Waals surface area contributed by atoms with Crippen molar-refractivity contribution in [3.8, 4) is 0 Å². The Labute approximate surface area is 181 Å².